The lowest BCUT2D eigenvalue weighted by molar-refractivity contribution is 1.07. The summed E-state index contributed by atoms with van der Waals surface area (Å²) in [6.07, 6.45) is 0. The van der Waals surface area contributed by atoms with E-state index >= 15 is 0 Å². The van der Waals surface area contributed by atoms with E-state index in [0.717, 1.165) is 15.5 Å². The zero-order chi connectivity index (χ0) is 12.3. The van der Waals surface area contributed by atoms with E-state index in [4.69, 9.17) is 17.3 Å². The van der Waals surface area contributed by atoms with E-state index in [1.54, 1.807) is 11.8 Å². The summed E-state index contributed by atoms with van der Waals surface area (Å²) in [6, 6.07) is 14.4. The van der Waals surface area contributed by atoms with Crippen molar-refractivity contribution in [2.75, 3.05) is 0 Å². The minimum absolute atomic E-state index is 0.523. The van der Waals surface area contributed by atoms with Crippen LogP contribution in [0.3, 0.4) is 0 Å². The Morgan fingerprint density at radius 1 is 1.12 bits per heavy atom. The molecule has 17 heavy (non-hydrogen) atoms. The van der Waals surface area contributed by atoms with Gasteiger partial charge >= 0.3 is 0 Å². The molecule has 0 bridgehead atoms. The van der Waals surface area contributed by atoms with Crippen LogP contribution in [0.25, 0.3) is 0 Å². The zero-order valence-electron chi connectivity index (χ0n) is 9.61. The number of aryl methyl sites for hydroxylation is 1. The van der Waals surface area contributed by atoms with Gasteiger partial charge in [-0.3, -0.25) is 0 Å². The Kier molecular flexibility index (Phi) is 4.11. The first-order chi connectivity index (χ1) is 8.19. The lowest BCUT2D eigenvalue weighted by Gasteiger charge is -2.06. The van der Waals surface area contributed by atoms with Gasteiger partial charge < -0.3 is 5.73 Å². The molecule has 0 heterocycles. The minimum Gasteiger partial charge on any atom is -0.326 e. The molecule has 1 nitrogen and oxygen atoms in total. The standard InChI is InChI=1S/C14H14ClNS/c1-10-2-5-12(6-3-10)17-14-7-4-11(9-16)8-13(14)15/h2-8H,9,16H2,1H3. The maximum atomic E-state index is 6.21. The molecule has 0 unspecified atom stereocenters. The molecule has 0 aliphatic carbocycles. The van der Waals surface area contributed by atoms with E-state index in [1.165, 1.54) is 10.5 Å². The van der Waals surface area contributed by atoms with Crippen LogP contribution in [0.5, 0.6) is 0 Å². The highest BCUT2D eigenvalue weighted by molar-refractivity contribution is 7.99. The van der Waals surface area contributed by atoms with Crippen LogP contribution in [0, 0.1) is 6.92 Å². The Hall–Kier alpha value is -0.960. The van der Waals surface area contributed by atoms with Crippen LogP contribution in [-0.4, -0.2) is 0 Å². The molecular formula is C14H14ClNS. The maximum Gasteiger partial charge on any atom is 0.0548 e. The quantitative estimate of drug-likeness (QED) is 0.896. The smallest absolute Gasteiger partial charge is 0.0548 e. The number of nitrogens with two attached hydrogens (primary N) is 1. The number of hydrogen-bond acceptors (Lipinski definition) is 2. The average molecular weight is 264 g/mol. The first-order valence-corrected chi connectivity index (χ1v) is 6.61. The van der Waals surface area contributed by atoms with Crippen molar-refractivity contribution < 1.29 is 0 Å². The van der Waals surface area contributed by atoms with E-state index < -0.39 is 0 Å². The summed E-state index contributed by atoms with van der Waals surface area (Å²) in [5.74, 6) is 0. The summed E-state index contributed by atoms with van der Waals surface area (Å²) in [5, 5.41) is 0.763. The molecule has 0 aliphatic heterocycles. The third-order valence-corrected chi connectivity index (χ3v) is 3.99. The van der Waals surface area contributed by atoms with Crippen molar-refractivity contribution in [2.24, 2.45) is 5.73 Å². The number of halogens is 1. The molecule has 2 aromatic carbocycles. The highest BCUT2D eigenvalue weighted by Crippen LogP contribution is 2.33. The monoisotopic (exact) mass is 263 g/mol. The summed E-state index contributed by atoms with van der Waals surface area (Å²) in [4.78, 5) is 2.26. The van der Waals surface area contributed by atoms with Gasteiger partial charge in [0.1, 0.15) is 0 Å². The van der Waals surface area contributed by atoms with Gasteiger partial charge in [0.25, 0.3) is 0 Å². The first-order valence-electron chi connectivity index (χ1n) is 5.42. The molecule has 0 spiro atoms. The van der Waals surface area contributed by atoms with E-state index in [2.05, 4.69) is 31.2 Å². The summed E-state index contributed by atoms with van der Waals surface area (Å²) in [5.41, 5.74) is 7.89. The molecule has 2 N–H and O–H groups in total. The van der Waals surface area contributed by atoms with Crippen molar-refractivity contribution in [3.05, 3.63) is 58.6 Å². The van der Waals surface area contributed by atoms with Gasteiger partial charge in [-0.2, -0.15) is 0 Å². The number of rotatable bonds is 3. The molecule has 2 aromatic rings. The summed E-state index contributed by atoms with van der Waals surface area (Å²) < 4.78 is 0. The molecule has 2 rings (SSSR count). The van der Waals surface area contributed by atoms with E-state index in [0.29, 0.717) is 6.54 Å². The molecular weight excluding hydrogens is 250 g/mol. The SMILES string of the molecule is Cc1ccc(Sc2ccc(CN)cc2Cl)cc1. The fourth-order valence-electron chi connectivity index (χ4n) is 1.49. The average Bonchev–Trinajstić information content (AvgIpc) is 2.34. The predicted molar refractivity (Wildman–Crippen MR) is 74.6 cm³/mol. The Morgan fingerprint density at radius 2 is 1.82 bits per heavy atom. The fraction of sp³-hybridized carbons (Fsp3) is 0.143. The van der Waals surface area contributed by atoms with Gasteiger partial charge in [0.2, 0.25) is 0 Å². The second kappa shape index (κ2) is 5.58. The Balaban J connectivity index is 2.21. The molecule has 0 saturated carbocycles. The van der Waals surface area contributed by atoms with Crippen LogP contribution >= 0.6 is 23.4 Å². The van der Waals surface area contributed by atoms with Crippen LogP contribution in [0.4, 0.5) is 0 Å². The topological polar surface area (TPSA) is 26.0 Å². The van der Waals surface area contributed by atoms with Crippen LogP contribution in [-0.2, 0) is 6.54 Å². The molecule has 0 saturated heterocycles. The van der Waals surface area contributed by atoms with Crippen molar-refractivity contribution in [2.45, 2.75) is 23.3 Å². The normalized spacial score (nSPS) is 10.5. The van der Waals surface area contributed by atoms with Gasteiger partial charge in [-0.15, -0.1) is 0 Å². The van der Waals surface area contributed by atoms with E-state index in [-0.39, 0.29) is 0 Å². The summed E-state index contributed by atoms with van der Waals surface area (Å²) >= 11 is 7.88. The van der Waals surface area contributed by atoms with Crippen LogP contribution < -0.4 is 5.73 Å². The Labute approximate surface area is 111 Å². The number of benzene rings is 2. The Morgan fingerprint density at radius 3 is 2.41 bits per heavy atom. The summed E-state index contributed by atoms with van der Waals surface area (Å²) in [7, 11) is 0. The zero-order valence-corrected chi connectivity index (χ0v) is 11.2. The molecule has 3 heteroatoms. The molecule has 88 valence electrons. The number of hydrogen-bond donors (Lipinski definition) is 1. The Bertz CT molecular complexity index is 508. The van der Waals surface area contributed by atoms with Crippen molar-refractivity contribution in [3.63, 3.8) is 0 Å². The largest absolute Gasteiger partial charge is 0.326 e. The highest BCUT2D eigenvalue weighted by atomic mass is 35.5. The van der Waals surface area contributed by atoms with Crippen LogP contribution in [0.15, 0.2) is 52.3 Å². The van der Waals surface area contributed by atoms with Crippen LogP contribution in [0.1, 0.15) is 11.1 Å². The second-order valence-corrected chi connectivity index (χ2v) is 5.41. The van der Waals surface area contributed by atoms with Gasteiger partial charge in [-0.25, -0.2) is 0 Å². The van der Waals surface area contributed by atoms with Crippen molar-refractivity contribution in [1.29, 1.82) is 0 Å². The van der Waals surface area contributed by atoms with Gasteiger partial charge in [0.15, 0.2) is 0 Å². The molecule has 0 amide bonds. The van der Waals surface area contributed by atoms with Crippen molar-refractivity contribution in [3.8, 4) is 0 Å². The second-order valence-electron chi connectivity index (χ2n) is 3.88. The van der Waals surface area contributed by atoms with Crippen molar-refractivity contribution in [1.82, 2.24) is 0 Å². The van der Waals surface area contributed by atoms with Gasteiger partial charge in [-0.05, 0) is 36.8 Å². The lowest BCUT2D eigenvalue weighted by atomic mass is 10.2. The van der Waals surface area contributed by atoms with E-state index in [9.17, 15) is 0 Å². The maximum absolute atomic E-state index is 6.21. The molecule has 0 atom stereocenters. The predicted octanol–water partition coefficient (Wildman–Crippen LogP) is 4.26. The summed E-state index contributed by atoms with van der Waals surface area (Å²) in [6.45, 7) is 2.60. The van der Waals surface area contributed by atoms with Gasteiger partial charge in [0, 0.05) is 16.3 Å². The molecule has 0 aliphatic rings. The minimum atomic E-state index is 0.523. The van der Waals surface area contributed by atoms with Gasteiger partial charge in [0.05, 0.1) is 5.02 Å². The molecule has 0 radical (unpaired) electrons. The molecule has 0 fully saturated rings. The fourth-order valence-corrected chi connectivity index (χ4v) is 2.62. The van der Waals surface area contributed by atoms with E-state index in [1.807, 2.05) is 18.2 Å². The first kappa shape index (κ1) is 12.5. The highest BCUT2D eigenvalue weighted by Gasteiger charge is 2.03. The van der Waals surface area contributed by atoms with Crippen LogP contribution in [0.2, 0.25) is 5.02 Å². The van der Waals surface area contributed by atoms with Gasteiger partial charge in [-0.1, -0.05) is 47.1 Å². The third-order valence-electron chi connectivity index (χ3n) is 2.48. The van der Waals surface area contributed by atoms with Crippen molar-refractivity contribution >= 4 is 23.4 Å². The lowest BCUT2D eigenvalue weighted by Crippen LogP contribution is -1.95. The molecule has 0 aromatic heterocycles. The third kappa shape index (κ3) is 3.25.